The fourth-order valence-corrected chi connectivity index (χ4v) is 2.04. The number of nitrogens with one attached hydrogen (secondary N) is 1. The molecule has 0 atom stereocenters. The van der Waals surface area contributed by atoms with Gasteiger partial charge in [-0.1, -0.05) is 0 Å². The highest BCUT2D eigenvalue weighted by molar-refractivity contribution is 6.01. The lowest BCUT2D eigenvalue weighted by molar-refractivity contribution is -0.121. The third-order valence-corrected chi connectivity index (χ3v) is 3.03. The maximum Gasteiger partial charge on any atom is 0.258 e. The van der Waals surface area contributed by atoms with Crippen LogP contribution in [-0.2, 0) is 4.79 Å². The average molecular weight is 274 g/mol. The third kappa shape index (κ3) is 2.79. The van der Waals surface area contributed by atoms with Crippen molar-refractivity contribution in [1.29, 1.82) is 0 Å². The molecular formula is C14H18N4O2. The number of hydrogen-bond acceptors (Lipinski definition) is 3. The number of aromatic nitrogens is 2. The van der Waals surface area contributed by atoms with Crippen molar-refractivity contribution >= 4 is 17.5 Å². The number of carbonyl (C=O) groups is 2. The van der Waals surface area contributed by atoms with E-state index in [0.29, 0.717) is 24.3 Å². The Morgan fingerprint density at radius 2 is 2.15 bits per heavy atom. The predicted molar refractivity (Wildman–Crippen MR) is 75.5 cm³/mol. The molecule has 6 nitrogen and oxygen atoms in total. The van der Waals surface area contributed by atoms with Crippen LogP contribution in [0.4, 0.5) is 0 Å². The standard InChI is InChI=1S/C14H18N4O2/c1-3-15-12(19)10-17(4-2)14(20)11-6-5-8-18-9-7-16-13(11)18/h5-9H,3-4,10H2,1-2H3,(H,15,19). The highest BCUT2D eigenvalue weighted by Crippen LogP contribution is 2.11. The van der Waals surface area contributed by atoms with Crippen molar-refractivity contribution in [3.05, 3.63) is 36.3 Å². The summed E-state index contributed by atoms with van der Waals surface area (Å²) >= 11 is 0. The molecule has 0 radical (unpaired) electrons. The van der Waals surface area contributed by atoms with E-state index < -0.39 is 0 Å². The molecule has 106 valence electrons. The van der Waals surface area contributed by atoms with Gasteiger partial charge in [-0.15, -0.1) is 0 Å². The Morgan fingerprint density at radius 1 is 1.35 bits per heavy atom. The van der Waals surface area contributed by atoms with Gasteiger partial charge in [0.25, 0.3) is 5.91 Å². The normalized spacial score (nSPS) is 10.5. The minimum absolute atomic E-state index is 0.0605. The van der Waals surface area contributed by atoms with Gasteiger partial charge in [0.2, 0.25) is 5.91 Å². The molecule has 2 aromatic rings. The zero-order chi connectivity index (χ0) is 14.5. The zero-order valence-corrected chi connectivity index (χ0v) is 11.7. The first-order chi connectivity index (χ1) is 9.67. The first-order valence-corrected chi connectivity index (χ1v) is 6.65. The molecule has 6 heteroatoms. The number of rotatable bonds is 5. The minimum Gasteiger partial charge on any atom is -0.355 e. The van der Waals surface area contributed by atoms with Gasteiger partial charge < -0.3 is 14.6 Å². The van der Waals surface area contributed by atoms with Crippen LogP contribution in [-0.4, -0.2) is 45.7 Å². The molecule has 0 saturated carbocycles. The smallest absolute Gasteiger partial charge is 0.258 e. The van der Waals surface area contributed by atoms with Gasteiger partial charge in [0.05, 0.1) is 12.1 Å². The van der Waals surface area contributed by atoms with Crippen LogP contribution in [0.2, 0.25) is 0 Å². The van der Waals surface area contributed by atoms with Crippen LogP contribution in [0.15, 0.2) is 30.7 Å². The molecule has 0 aromatic carbocycles. The number of hydrogen-bond donors (Lipinski definition) is 1. The molecule has 2 rings (SSSR count). The van der Waals surface area contributed by atoms with E-state index in [1.807, 2.05) is 20.0 Å². The van der Waals surface area contributed by atoms with Gasteiger partial charge in [0, 0.05) is 31.7 Å². The van der Waals surface area contributed by atoms with Crippen molar-refractivity contribution in [2.45, 2.75) is 13.8 Å². The van der Waals surface area contributed by atoms with Crippen LogP contribution in [0.25, 0.3) is 5.65 Å². The quantitative estimate of drug-likeness (QED) is 0.882. The van der Waals surface area contributed by atoms with Crippen LogP contribution in [0.5, 0.6) is 0 Å². The Labute approximate surface area is 117 Å². The number of fused-ring (bicyclic) bond motifs is 1. The SMILES string of the molecule is CCNC(=O)CN(CC)C(=O)c1cccn2ccnc12. The summed E-state index contributed by atoms with van der Waals surface area (Å²) in [6.45, 7) is 4.78. The summed E-state index contributed by atoms with van der Waals surface area (Å²) in [6.07, 6.45) is 5.26. The summed E-state index contributed by atoms with van der Waals surface area (Å²) < 4.78 is 1.78. The second kappa shape index (κ2) is 6.18. The average Bonchev–Trinajstić information content (AvgIpc) is 2.92. The Balaban J connectivity index is 2.24. The summed E-state index contributed by atoms with van der Waals surface area (Å²) in [6, 6.07) is 3.52. The van der Waals surface area contributed by atoms with Gasteiger partial charge >= 0.3 is 0 Å². The van der Waals surface area contributed by atoms with Crippen LogP contribution in [0.3, 0.4) is 0 Å². The number of carbonyl (C=O) groups excluding carboxylic acids is 2. The molecule has 0 saturated heterocycles. The number of nitrogens with zero attached hydrogens (tertiary/aromatic N) is 3. The molecule has 20 heavy (non-hydrogen) atoms. The van der Waals surface area contributed by atoms with Crippen molar-refractivity contribution in [2.75, 3.05) is 19.6 Å². The van der Waals surface area contributed by atoms with E-state index in [1.165, 1.54) is 4.90 Å². The Morgan fingerprint density at radius 3 is 2.85 bits per heavy atom. The molecule has 2 heterocycles. The molecule has 0 fully saturated rings. The second-order valence-corrected chi connectivity index (χ2v) is 4.35. The first-order valence-electron chi connectivity index (χ1n) is 6.65. The van der Waals surface area contributed by atoms with Crippen molar-refractivity contribution in [2.24, 2.45) is 0 Å². The second-order valence-electron chi connectivity index (χ2n) is 4.35. The molecule has 1 N–H and O–H groups in total. The maximum atomic E-state index is 12.5. The molecular weight excluding hydrogens is 256 g/mol. The predicted octanol–water partition coefficient (Wildman–Crippen LogP) is 0.932. The monoisotopic (exact) mass is 274 g/mol. The summed E-state index contributed by atoms with van der Waals surface area (Å²) in [7, 11) is 0. The van der Waals surface area contributed by atoms with E-state index in [9.17, 15) is 9.59 Å². The van der Waals surface area contributed by atoms with E-state index in [0.717, 1.165) is 0 Å². The van der Waals surface area contributed by atoms with Crippen LogP contribution < -0.4 is 5.32 Å². The van der Waals surface area contributed by atoms with Crippen molar-refractivity contribution < 1.29 is 9.59 Å². The molecule has 0 aliphatic carbocycles. The lowest BCUT2D eigenvalue weighted by Gasteiger charge is -2.20. The van der Waals surface area contributed by atoms with E-state index >= 15 is 0 Å². The fraction of sp³-hybridized carbons (Fsp3) is 0.357. The molecule has 0 spiro atoms. The van der Waals surface area contributed by atoms with Gasteiger partial charge in [0.15, 0.2) is 0 Å². The van der Waals surface area contributed by atoms with Crippen molar-refractivity contribution in [3.63, 3.8) is 0 Å². The number of pyridine rings is 1. The Hall–Kier alpha value is -2.37. The van der Waals surface area contributed by atoms with Crippen molar-refractivity contribution in [3.8, 4) is 0 Å². The fourth-order valence-electron chi connectivity index (χ4n) is 2.04. The summed E-state index contributed by atoms with van der Waals surface area (Å²) in [5, 5.41) is 2.70. The van der Waals surface area contributed by atoms with E-state index in [2.05, 4.69) is 10.3 Å². The third-order valence-electron chi connectivity index (χ3n) is 3.03. The summed E-state index contributed by atoms with van der Waals surface area (Å²) in [4.78, 5) is 29.9. The van der Waals surface area contributed by atoms with Gasteiger partial charge in [-0.2, -0.15) is 0 Å². The molecule has 0 unspecified atom stereocenters. The summed E-state index contributed by atoms with van der Waals surface area (Å²) in [5.74, 6) is -0.339. The molecule has 0 bridgehead atoms. The number of likely N-dealkylation sites (N-methyl/N-ethyl adjacent to an activating group) is 2. The molecule has 2 aromatic heterocycles. The Kier molecular flexibility index (Phi) is 4.34. The minimum atomic E-state index is -0.185. The van der Waals surface area contributed by atoms with Gasteiger partial charge in [-0.3, -0.25) is 9.59 Å². The van der Waals surface area contributed by atoms with Crippen LogP contribution in [0, 0.1) is 0 Å². The first kappa shape index (κ1) is 14.0. The van der Waals surface area contributed by atoms with Gasteiger partial charge in [-0.05, 0) is 26.0 Å². The number of imidazole rings is 1. The van der Waals surface area contributed by atoms with E-state index in [-0.39, 0.29) is 18.4 Å². The number of amides is 2. The van der Waals surface area contributed by atoms with Crippen molar-refractivity contribution in [1.82, 2.24) is 19.6 Å². The molecule has 0 aliphatic heterocycles. The maximum absolute atomic E-state index is 12.5. The van der Waals surface area contributed by atoms with Crippen LogP contribution >= 0.6 is 0 Å². The molecule has 2 amide bonds. The zero-order valence-electron chi connectivity index (χ0n) is 11.7. The van der Waals surface area contributed by atoms with Gasteiger partial charge in [0.1, 0.15) is 5.65 Å². The lowest BCUT2D eigenvalue weighted by Crippen LogP contribution is -2.40. The van der Waals surface area contributed by atoms with E-state index in [1.54, 1.807) is 28.9 Å². The Bertz CT molecular complexity index is 620. The topological polar surface area (TPSA) is 66.7 Å². The largest absolute Gasteiger partial charge is 0.355 e. The van der Waals surface area contributed by atoms with Gasteiger partial charge in [-0.25, -0.2) is 4.98 Å². The van der Waals surface area contributed by atoms with Crippen LogP contribution in [0.1, 0.15) is 24.2 Å². The highest BCUT2D eigenvalue weighted by Gasteiger charge is 2.19. The lowest BCUT2D eigenvalue weighted by atomic mass is 10.2. The van der Waals surface area contributed by atoms with E-state index in [4.69, 9.17) is 0 Å². The summed E-state index contributed by atoms with van der Waals surface area (Å²) in [5.41, 5.74) is 1.11. The highest BCUT2D eigenvalue weighted by atomic mass is 16.2. The molecule has 0 aliphatic rings.